The fourth-order valence-electron chi connectivity index (χ4n) is 2.48. The van der Waals surface area contributed by atoms with Gasteiger partial charge in [-0.05, 0) is 24.6 Å². The first-order chi connectivity index (χ1) is 10.6. The maximum Gasteiger partial charge on any atom is 0.229 e. The van der Waals surface area contributed by atoms with Gasteiger partial charge in [0.25, 0.3) is 0 Å². The summed E-state index contributed by atoms with van der Waals surface area (Å²) in [7, 11) is 1.59. The molecule has 7 nitrogen and oxygen atoms in total. The van der Waals surface area contributed by atoms with Gasteiger partial charge in [-0.15, -0.1) is 0 Å². The molecule has 1 aliphatic heterocycles. The molecular weight excluding hydrogens is 352 g/mol. The number of methoxy groups -OCH3 is 1. The molecule has 0 bridgehead atoms. The Balaban J connectivity index is 2.09. The zero-order chi connectivity index (χ0) is 15.7. The minimum Gasteiger partial charge on any atom is -0.493 e. The summed E-state index contributed by atoms with van der Waals surface area (Å²) in [5.41, 5.74) is 0.894. The van der Waals surface area contributed by atoms with E-state index in [0.717, 1.165) is 10.0 Å². The quantitative estimate of drug-likeness (QED) is 0.898. The second-order valence-corrected chi connectivity index (χ2v) is 5.61. The lowest BCUT2D eigenvalue weighted by molar-refractivity contribution is -0.117. The van der Waals surface area contributed by atoms with Gasteiger partial charge in [0.15, 0.2) is 11.5 Å². The summed E-state index contributed by atoms with van der Waals surface area (Å²) < 4.78 is 13.5. The smallest absolute Gasteiger partial charge is 0.229 e. The normalized spacial score (nSPS) is 16.9. The Morgan fingerprint density at radius 3 is 3.00 bits per heavy atom. The number of aromatic nitrogens is 3. The van der Waals surface area contributed by atoms with Crippen molar-refractivity contribution < 1.29 is 14.3 Å². The number of carbonyl (C=O) groups is 1. The maximum absolute atomic E-state index is 11.9. The van der Waals surface area contributed by atoms with E-state index in [1.807, 2.05) is 19.1 Å². The number of amides is 1. The van der Waals surface area contributed by atoms with Crippen molar-refractivity contribution >= 4 is 27.8 Å². The van der Waals surface area contributed by atoms with Crippen molar-refractivity contribution in [2.24, 2.45) is 0 Å². The first kappa shape index (κ1) is 14.8. The Hall–Kier alpha value is -2.09. The lowest BCUT2D eigenvalue weighted by Gasteiger charge is -2.25. The van der Waals surface area contributed by atoms with E-state index in [-0.39, 0.29) is 18.4 Å². The summed E-state index contributed by atoms with van der Waals surface area (Å²) in [6, 6.07) is 3.47. The number of hydrogen-bond donors (Lipinski definition) is 1. The van der Waals surface area contributed by atoms with Crippen LogP contribution in [0.15, 0.2) is 22.9 Å². The standard InChI is InChI=1S/C14H15BrN4O3/c1-3-22-12-4-8(9(15)5-11(12)21-2)10-6-13(20)18-14-16-7-17-19(10)14/h4-5,7,10H,3,6H2,1-2H3,(H,16,17,18,20). The highest BCUT2D eigenvalue weighted by molar-refractivity contribution is 9.10. The van der Waals surface area contributed by atoms with Crippen LogP contribution in [0, 0.1) is 0 Å². The van der Waals surface area contributed by atoms with E-state index in [2.05, 4.69) is 31.3 Å². The number of halogens is 1. The zero-order valence-corrected chi connectivity index (χ0v) is 13.8. The molecule has 1 unspecified atom stereocenters. The number of nitrogens with zero attached hydrogens (tertiary/aromatic N) is 3. The Morgan fingerprint density at radius 2 is 2.27 bits per heavy atom. The molecule has 8 heteroatoms. The molecule has 1 aromatic heterocycles. The molecule has 116 valence electrons. The lowest BCUT2D eigenvalue weighted by Crippen LogP contribution is -2.29. The van der Waals surface area contributed by atoms with E-state index in [9.17, 15) is 4.79 Å². The second-order valence-electron chi connectivity index (χ2n) is 4.75. The van der Waals surface area contributed by atoms with Crippen LogP contribution in [-0.4, -0.2) is 34.4 Å². The summed E-state index contributed by atoms with van der Waals surface area (Å²) in [4.78, 5) is 15.9. The summed E-state index contributed by atoms with van der Waals surface area (Å²) in [6.07, 6.45) is 1.71. The van der Waals surface area contributed by atoms with Crippen molar-refractivity contribution in [3.63, 3.8) is 0 Å². The Labute approximate surface area is 135 Å². The van der Waals surface area contributed by atoms with E-state index in [4.69, 9.17) is 9.47 Å². The first-order valence-corrected chi connectivity index (χ1v) is 7.63. The fraction of sp³-hybridized carbons (Fsp3) is 0.357. The van der Waals surface area contributed by atoms with E-state index >= 15 is 0 Å². The van der Waals surface area contributed by atoms with Crippen molar-refractivity contribution in [2.75, 3.05) is 19.0 Å². The molecule has 0 spiro atoms. The minimum absolute atomic E-state index is 0.0915. The first-order valence-electron chi connectivity index (χ1n) is 6.83. The number of rotatable bonds is 4. The zero-order valence-electron chi connectivity index (χ0n) is 12.2. The molecule has 1 amide bonds. The largest absolute Gasteiger partial charge is 0.493 e. The molecule has 22 heavy (non-hydrogen) atoms. The molecule has 0 saturated heterocycles. The van der Waals surface area contributed by atoms with Crippen LogP contribution in [0.1, 0.15) is 24.9 Å². The Bertz CT molecular complexity index is 716. The minimum atomic E-state index is -0.245. The van der Waals surface area contributed by atoms with Gasteiger partial charge in [-0.2, -0.15) is 10.1 Å². The number of benzene rings is 1. The van der Waals surface area contributed by atoms with Gasteiger partial charge in [0.2, 0.25) is 11.9 Å². The summed E-state index contributed by atoms with van der Waals surface area (Å²) >= 11 is 3.54. The van der Waals surface area contributed by atoms with Gasteiger partial charge in [-0.1, -0.05) is 15.9 Å². The predicted molar refractivity (Wildman–Crippen MR) is 83.3 cm³/mol. The van der Waals surface area contributed by atoms with Crippen LogP contribution in [0.4, 0.5) is 5.95 Å². The summed E-state index contributed by atoms with van der Waals surface area (Å²) in [5, 5.41) is 6.91. The summed E-state index contributed by atoms with van der Waals surface area (Å²) in [5.74, 6) is 1.63. The van der Waals surface area contributed by atoms with Gasteiger partial charge >= 0.3 is 0 Å². The van der Waals surface area contributed by atoms with E-state index in [1.54, 1.807) is 11.8 Å². The number of fused-ring (bicyclic) bond motifs is 1. The van der Waals surface area contributed by atoms with Crippen LogP contribution in [0.5, 0.6) is 11.5 Å². The molecule has 1 N–H and O–H groups in total. The molecule has 0 radical (unpaired) electrons. The molecule has 1 aliphatic rings. The van der Waals surface area contributed by atoms with Crippen molar-refractivity contribution in [3.05, 3.63) is 28.5 Å². The summed E-state index contributed by atoms with van der Waals surface area (Å²) in [6.45, 7) is 2.43. The van der Waals surface area contributed by atoms with E-state index in [1.165, 1.54) is 6.33 Å². The molecule has 3 rings (SSSR count). The highest BCUT2D eigenvalue weighted by atomic mass is 79.9. The number of carbonyl (C=O) groups excluding carboxylic acids is 1. The monoisotopic (exact) mass is 366 g/mol. The topological polar surface area (TPSA) is 78.3 Å². The lowest BCUT2D eigenvalue weighted by atomic mass is 10.0. The third-order valence-corrected chi connectivity index (χ3v) is 4.13. The highest BCUT2D eigenvalue weighted by Gasteiger charge is 2.30. The van der Waals surface area contributed by atoms with Crippen LogP contribution in [0.2, 0.25) is 0 Å². The van der Waals surface area contributed by atoms with Gasteiger partial charge < -0.3 is 9.47 Å². The van der Waals surface area contributed by atoms with Crippen molar-refractivity contribution in [2.45, 2.75) is 19.4 Å². The third kappa shape index (κ3) is 2.54. The van der Waals surface area contributed by atoms with Crippen LogP contribution >= 0.6 is 15.9 Å². The molecule has 2 aromatic rings. The molecule has 1 aromatic carbocycles. The van der Waals surface area contributed by atoms with E-state index in [0.29, 0.717) is 24.1 Å². The van der Waals surface area contributed by atoms with Crippen LogP contribution in [0.25, 0.3) is 0 Å². The average molecular weight is 367 g/mol. The van der Waals surface area contributed by atoms with Crippen molar-refractivity contribution in [3.8, 4) is 11.5 Å². The van der Waals surface area contributed by atoms with Crippen LogP contribution < -0.4 is 14.8 Å². The van der Waals surface area contributed by atoms with Crippen LogP contribution in [-0.2, 0) is 4.79 Å². The van der Waals surface area contributed by atoms with Gasteiger partial charge in [0, 0.05) is 4.47 Å². The highest BCUT2D eigenvalue weighted by Crippen LogP contribution is 2.39. The second kappa shape index (κ2) is 5.96. The average Bonchev–Trinajstić information content (AvgIpc) is 2.96. The molecule has 0 saturated carbocycles. The number of ether oxygens (including phenoxy) is 2. The van der Waals surface area contributed by atoms with Gasteiger partial charge in [-0.25, -0.2) is 4.68 Å². The number of anilines is 1. The Kier molecular flexibility index (Phi) is 4.02. The SMILES string of the molecule is CCOc1cc(C2CC(=O)Nc3ncnn32)c(Br)cc1OC. The fourth-order valence-corrected chi connectivity index (χ4v) is 3.07. The van der Waals surface area contributed by atoms with Gasteiger partial charge in [0.1, 0.15) is 6.33 Å². The predicted octanol–water partition coefficient (Wildman–Crippen LogP) is 2.38. The van der Waals surface area contributed by atoms with E-state index < -0.39 is 0 Å². The molecule has 0 fully saturated rings. The number of hydrogen-bond acceptors (Lipinski definition) is 5. The molecular formula is C14H15BrN4O3. The maximum atomic E-state index is 11.9. The molecule has 1 atom stereocenters. The van der Waals surface area contributed by atoms with Crippen molar-refractivity contribution in [1.29, 1.82) is 0 Å². The van der Waals surface area contributed by atoms with Gasteiger partial charge in [-0.3, -0.25) is 10.1 Å². The number of nitrogens with one attached hydrogen (secondary N) is 1. The molecule has 2 heterocycles. The van der Waals surface area contributed by atoms with Crippen LogP contribution in [0.3, 0.4) is 0 Å². The molecule has 0 aliphatic carbocycles. The third-order valence-electron chi connectivity index (χ3n) is 3.44. The Morgan fingerprint density at radius 1 is 1.45 bits per heavy atom. The van der Waals surface area contributed by atoms with Gasteiger partial charge in [0.05, 0.1) is 26.2 Å². The van der Waals surface area contributed by atoms with Crippen molar-refractivity contribution in [1.82, 2.24) is 14.8 Å².